The highest BCUT2D eigenvalue weighted by Crippen LogP contribution is 2.35. The summed E-state index contributed by atoms with van der Waals surface area (Å²) in [6, 6.07) is 16.4. The predicted molar refractivity (Wildman–Crippen MR) is 116 cm³/mol. The zero-order valence-electron chi connectivity index (χ0n) is 17.8. The van der Waals surface area contributed by atoms with Gasteiger partial charge in [0.25, 0.3) is 21.8 Å². The van der Waals surface area contributed by atoms with Gasteiger partial charge in [0.05, 0.1) is 0 Å². The molecule has 1 fully saturated rings. The zero-order valence-corrected chi connectivity index (χ0v) is 18.6. The number of ether oxygens (including phenoxy) is 1. The molecule has 1 aliphatic rings. The van der Waals surface area contributed by atoms with E-state index in [1.165, 1.54) is 24.0 Å². The van der Waals surface area contributed by atoms with Crippen LogP contribution in [0.4, 0.5) is 13.2 Å². The van der Waals surface area contributed by atoms with E-state index in [0.717, 1.165) is 17.5 Å². The molecule has 0 aliphatic carbocycles. The first kappa shape index (κ1) is 23.6. The zero-order chi connectivity index (χ0) is 24.7. The number of amides is 2. The van der Waals surface area contributed by atoms with Gasteiger partial charge in [-0.1, -0.05) is 48.5 Å². The van der Waals surface area contributed by atoms with E-state index in [1.54, 1.807) is 29.0 Å². The van der Waals surface area contributed by atoms with Crippen molar-refractivity contribution in [3.63, 3.8) is 0 Å². The number of likely N-dealkylation sites (tertiary alicyclic amines) is 1. The van der Waals surface area contributed by atoms with Gasteiger partial charge in [-0.25, -0.2) is 13.1 Å². The summed E-state index contributed by atoms with van der Waals surface area (Å²) >= 11 is 0. The molecule has 3 aromatic carbocycles. The number of hydrogen-bond acceptors (Lipinski definition) is 5. The molecular weight excluding hydrogens is 473 g/mol. The van der Waals surface area contributed by atoms with Crippen molar-refractivity contribution in [2.24, 2.45) is 0 Å². The maximum Gasteiger partial charge on any atom is 0.573 e. The molecular formula is C23H19F3N2O5S. The molecule has 1 unspecified atom stereocenters. The highest BCUT2D eigenvalue weighted by molar-refractivity contribution is 7.90. The smallest absolute Gasteiger partial charge is 0.404 e. The Morgan fingerprint density at radius 1 is 1.00 bits per heavy atom. The van der Waals surface area contributed by atoms with Gasteiger partial charge in [0.2, 0.25) is 0 Å². The van der Waals surface area contributed by atoms with E-state index in [4.69, 9.17) is 0 Å². The Morgan fingerprint density at radius 3 is 2.32 bits per heavy atom. The van der Waals surface area contributed by atoms with Crippen LogP contribution in [0.15, 0.2) is 71.6 Å². The number of halogens is 3. The molecule has 1 saturated heterocycles. The summed E-state index contributed by atoms with van der Waals surface area (Å²) in [5, 5.41) is 1.50. The molecule has 0 saturated carbocycles. The van der Waals surface area contributed by atoms with Crippen molar-refractivity contribution < 1.29 is 35.9 Å². The largest absolute Gasteiger partial charge is 0.573 e. The van der Waals surface area contributed by atoms with Gasteiger partial charge in [-0.05, 0) is 42.3 Å². The lowest BCUT2D eigenvalue weighted by Crippen LogP contribution is -2.67. The Balaban J connectivity index is 1.60. The van der Waals surface area contributed by atoms with E-state index in [9.17, 15) is 31.2 Å². The van der Waals surface area contributed by atoms with Crippen LogP contribution < -0.4 is 9.46 Å². The number of sulfonamides is 1. The van der Waals surface area contributed by atoms with Crippen LogP contribution in [0.5, 0.6) is 5.75 Å². The fourth-order valence-corrected chi connectivity index (χ4v) is 5.05. The molecule has 7 nitrogen and oxygen atoms in total. The van der Waals surface area contributed by atoms with Crippen LogP contribution >= 0.6 is 0 Å². The van der Waals surface area contributed by atoms with Crippen molar-refractivity contribution in [3.8, 4) is 5.75 Å². The molecule has 1 heterocycles. The van der Waals surface area contributed by atoms with Gasteiger partial charge < -0.3 is 9.64 Å². The second-order valence-corrected chi connectivity index (χ2v) is 9.59. The summed E-state index contributed by atoms with van der Waals surface area (Å²) < 4.78 is 69.2. The number of carbonyl (C=O) groups excluding carboxylic acids is 2. The average Bonchev–Trinajstić information content (AvgIpc) is 2.76. The van der Waals surface area contributed by atoms with Crippen LogP contribution in [-0.4, -0.2) is 43.6 Å². The van der Waals surface area contributed by atoms with Crippen LogP contribution in [0.25, 0.3) is 10.8 Å². The standard InChI is InChI=1S/C23H19F3N2O5S/c1-22(13-14-28(22)20(29)17-10-6-8-15-7-2-3-9-16(15)17)21(30)27-34(31,32)19-12-5-4-11-18(19)33-23(24,25)26/h2-12H,13-14H2,1H3,(H,27,30). The van der Waals surface area contributed by atoms with Crippen LogP contribution in [0.1, 0.15) is 23.7 Å². The number of hydrogen-bond donors (Lipinski definition) is 1. The van der Waals surface area contributed by atoms with E-state index in [-0.39, 0.29) is 13.0 Å². The SMILES string of the molecule is CC1(C(=O)NS(=O)(=O)c2ccccc2OC(F)(F)F)CCN1C(=O)c1cccc2ccccc12. The Hall–Kier alpha value is -3.60. The van der Waals surface area contributed by atoms with E-state index in [2.05, 4.69) is 4.74 Å². The quantitative estimate of drug-likeness (QED) is 0.584. The van der Waals surface area contributed by atoms with Gasteiger partial charge in [0, 0.05) is 12.1 Å². The summed E-state index contributed by atoms with van der Waals surface area (Å²) in [6.07, 6.45) is -4.96. The molecule has 1 N–H and O–H groups in total. The fourth-order valence-electron chi connectivity index (χ4n) is 3.85. The Bertz CT molecular complexity index is 1390. The van der Waals surface area contributed by atoms with Gasteiger partial charge in [-0.3, -0.25) is 9.59 Å². The van der Waals surface area contributed by atoms with Gasteiger partial charge >= 0.3 is 6.36 Å². The summed E-state index contributed by atoms with van der Waals surface area (Å²) in [6.45, 7) is 1.61. The number of rotatable bonds is 5. The van der Waals surface area contributed by atoms with E-state index in [0.29, 0.717) is 10.9 Å². The lowest BCUT2D eigenvalue weighted by atomic mass is 9.84. The minimum atomic E-state index is -5.13. The minimum absolute atomic E-state index is 0.172. The van der Waals surface area contributed by atoms with Crippen LogP contribution in [-0.2, 0) is 14.8 Å². The molecule has 11 heteroatoms. The Kier molecular flexibility index (Phi) is 5.76. The Morgan fingerprint density at radius 2 is 1.65 bits per heavy atom. The topological polar surface area (TPSA) is 92.8 Å². The molecule has 34 heavy (non-hydrogen) atoms. The number of benzene rings is 3. The Labute approximate surface area is 193 Å². The van der Waals surface area contributed by atoms with Crippen LogP contribution in [0.2, 0.25) is 0 Å². The average molecular weight is 492 g/mol. The van der Waals surface area contributed by atoms with E-state index >= 15 is 0 Å². The molecule has 1 atom stereocenters. The van der Waals surface area contributed by atoms with Gasteiger partial charge in [0.15, 0.2) is 0 Å². The normalized spacial score (nSPS) is 18.3. The lowest BCUT2D eigenvalue weighted by Gasteiger charge is -2.48. The molecule has 0 spiro atoms. The molecule has 0 radical (unpaired) electrons. The first-order chi connectivity index (χ1) is 15.9. The molecule has 0 bridgehead atoms. The number of carbonyl (C=O) groups is 2. The van der Waals surface area contributed by atoms with Crippen molar-refractivity contribution in [1.29, 1.82) is 0 Å². The number of alkyl halides is 3. The third-order valence-corrected chi connectivity index (χ3v) is 7.13. The second-order valence-electron chi connectivity index (χ2n) is 7.94. The maximum absolute atomic E-state index is 13.3. The van der Waals surface area contributed by atoms with Crippen molar-refractivity contribution in [1.82, 2.24) is 9.62 Å². The highest BCUT2D eigenvalue weighted by Gasteiger charge is 2.51. The summed E-state index contributed by atoms with van der Waals surface area (Å²) in [5.41, 5.74) is -1.16. The molecule has 3 aromatic rings. The van der Waals surface area contributed by atoms with Crippen molar-refractivity contribution >= 4 is 32.6 Å². The summed E-state index contributed by atoms with van der Waals surface area (Å²) in [7, 11) is -4.73. The molecule has 2 amide bonds. The monoisotopic (exact) mass is 492 g/mol. The van der Waals surface area contributed by atoms with E-state index in [1.807, 2.05) is 18.2 Å². The highest BCUT2D eigenvalue weighted by atomic mass is 32.2. The van der Waals surface area contributed by atoms with Crippen LogP contribution in [0, 0.1) is 0 Å². The van der Waals surface area contributed by atoms with Gasteiger partial charge in [0.1, 0.15) is 16.2 Å². The van der Waals surface area contributed by atoms with E-state index < -0.39 is 44.4 Å². The van der Waals surface area contributed by atoms with Gasteiger partial charge in [-0.2, -0.15) is 0 Å². The fraction of sp³-hybridized carbons (Fsp3) is 0.217. The molecule has 178 valence electrons. The van der Waals surface area contributed by atoms with Crippen LogP contribution in [0.3, 0.4) is 0 Å². The summed E-state index contributed by atoms with van der Waals surface area (Å²) in [5.74, 6) is -2.47. The third kappa shape index (κ3) is 4.30. The maximum atomic E-state index is 13.3. The molecule has 0 aromatic heterocycles. The van der Waals surface area contributed by atoms with Gasteiger partial charge in [-0.15, -0.1) is 13.2 Å². The number of nitrogens with zero attached hydrogens (tertiary/aromatic N) is 1. The predicted octanol–water partition coefficient (Wildman–Crippen LogP) is 3.85. The minimum Gasteiger partial charge on any atom is -0.404 e. The summed E-state index contributed by atoms with van der Waals surface area (Å²) in [4.78, 5) is 26.7. The van der Waals surface area contributed by atoms with Crippen molar-refractivity contribution in [3.05, 3.63) is 72.3 Å². The number of fused-ring (bicyclic) bond motifs is 1. The lowest BCUT2D eigenvalue weighted by molar-refractivity contribution is -0.275. The number of nitrogens with one attached hydrogen (secondary N) is 1. The first-order valence-corrected chi connectivity index (χ1v) is 11.6. The second kappa shape index (κ2) is 8.32. The van der Waals surface area contributed by atoms with Crippen molar-refractivity contribution in [2.45, 2.75) is 30.1 Å². The molecule has 4 rings (SSSR count). The van der Waals surface area contributed by atoms with Crippen molar-refractivity contribution in [2.75, 3.05) is 6.54 Å². The third-order valence-electron chi connectivity index (χ3n) is 5.76. The molecule has 1 aliphatic heterocycles. The first-order valence-electron chi connectivity index (χ1n) is 10.1. The number of para-hydroxylation sites is 1.